The molecule has 0 spiro atoms. The van der Waals surface area contributed by atoms with Gasteiger partial charge < -0.3 is 9.64 Å². The van der Waals surface area contributed by atoms with Crippen LogP contribution < -0.4 is 14.4 Å². The maximum absolute atomic E-state index is 11.7. The number of sulfonamides is 1. The van der Waals surface area contributed by atoms with E-state index >= 15 is 0 Å². The van der Waals surface area contributed by atoms with Gasteiger partial charge in [-0.3, -0.25) is 4.90 Å². The normalized spacial score (nSPS) is 18.3. The molecule has 27 heavy (non-hydrogen) atoms. The summed E-state index contributed by atoms with van der Waals surface area (Å²) in [6.45, 7) is 5.51. The van der Waals surface area contributed by atoms with Gasteiger partial charge in [0.1, 0.15) is 5.75 Å². The second kappa shape index (κ2) is 8.60. The number of rotatable bonds is 7. The van der Waals surface area contributed by atoms with E-state index in [1.54, 1.807) is 18.4 Å². The van der Waals surface area contributed by atoms with E-state index in [0.29, 0.717) is 0 Å². The van der Waals surface area contributed by atoms with Gasteiger partial charge in [0, 0.05) is 42.8 Å². The number of benzene rings is 1. The molecule has 1 N–H and O–H groups in total. The van der Waals surface area contributed by atoms with Gasteiger partial charge in [-0.25, -0.2) is 13.1 Å². The molecule has 0 amide bonds. The molecule has 148 valence electrons. The van der Waals surface area contributed by atoms with E-state index in [4.69, 9.17) is 4.74 Å². The average molecular weight is 410 g/mol. The van der Waals surface area contributed by atoms with Gasteiger partial charge in [-0.05, 0) is 42.6 Å². The van der Waals surface area contributed by atoms with Crippen molar-refractivity contribution in [1.29, 1.82) is 0 Å². The number of anilines is 1. The fourth-order valence-electron chi connectivity index (χ4n) is 3.66. The van der Waals surface area contributed by atoms with Crippen molar-refractivity contribution in [3.05, 3.63) is 46.7 Å². The van der Waals surface area contributed by atoms with E-state index in [1.165, 1.54) is 16.8 Å². The third kappa shape index (κ3) is 5.22. The predicted molar refractivity (Wildman–Crippen MR) is 111 cm³/mol. The monoisotopic (exact) mass is 409 g/mol. The first-order chi connectivity index (χ1) is 12.9. The Morgan fingerprint density at radius 1 is 1.11 bits per heavy atom. The van der Waals surface area contributed by atoms with Crippen LogP contribution in [0.4, 0.5) is 5.69 Å². The Labute approximate surface area is 165 Å². The molecule has 1 aliphatic rings. The van der Waals surface area contributed by atoms with Crippen molar-refractivity contribution < 1.29 is 13.2 Å². The highest BCUT2D eigenvalue weighted by atomic mass is 32.2. The second-order valence-corrected chi connectivity index (χ2v) is 9.62. The van der Waals surface area contributed by atoms with Crippen molar-refractivity contribution in [1.82, 2.24) is 9.62 Å². The quantitative estimate of drug-likeness (QED) is 0.762. The van der Waals surface area contributed by atoms with E-state index in [-0.39, 0.29) is 12.1 Å². The lowest BCUT2D eigenvalue weighted by Gasteiger charge is -2.42. The van der Waals surface area contributed by atoms with Crippen molar-refractivity contribution in [2.24, 2.45) is 0 Å². The molecule has 1 saturated heterocycles. The van der Waals surface area contributed by atoms with Gasteiger partial charge in [0.2, 0.25) is 10.0 Å². The molecule has 6 nitrogen and oxygen atoms in total. The number of nitrogens with one attached hydrogen (secondary N) is 1. The minimum Gasteiger partial charge on any atom is -0.497 e. The Kier molecular flexibility index (Phi) is 6.41. The van der Waals surface area contributed by atoms with Crippen LogP contribution >= 0.6 is 11.3 Å². The van der Waals surface area contributed by atoms with Crippen molar-refractivity contribution in [2.45, 2.75) is 19.0 Å². The number of nitrogens with zero attached hydrogens (tertiary/aromatic N) is 2. The van der Waals surface area contributed by atoms with Crippen LogP contribution in [0.2, 0.25) is 0 Å². The molecule has 0 aliphatic carbocycles. The van der Waals surface area contributed by atoms with E-state index in [9.17, 15) is 8.42 Å². The molecule has 0 bridgehead atoms. The number of thiophene rings is 1. The Hall–Kier alpha value is -1.61. The molecule has 2 aromatic rings. The minimum atomic E-state index is -3.25. The van der Waals surface area contributed by atoms with E-state index in [0.717, 1.165) is 31.9 Å². The van der Waals surface area contributed by atoms with Crippen LogP contribution in [0.3, 0.4) is 0 Å². The van der Waals surface area contributed by atoms with Gasteiger partial charge >= 0.3 is 0 Å². The van der Waals surface area contributed by atoms with Crippen molar-refractivity contribution in [3.63, 3.8) is 0 Å². The van der Waals surface area contributed by atoms with Crippen LogP contribution in [0.15, 0.2) is 41.8 Å². The summed E-state index contributed by atoms with van der Waals surface area (Å²) in [5.41, 5.74) is 1.19. The number of methoxy groups -OCH3 is 1. The van der Waals surface area contributed by atoms with E-state index in [1.807, 2.05) is 30.5 Å². The smallest absolute Gasteiger partial charge is 0.209 e. The summed E-state index contributed by atoms with van der Waals surface area (Å²) in [5, 5.41) is 2.04. The predicted octanol–water partition coefficient (Wildman–Crippen LogP) is 2.56. The molecule has 2 atom stereocenters. The summed E-state index contributed by atoms with van der Waals surface area (Å²) < 4.78 is 31.5. The van der Waals surface area contributed by atoms with Crippen LogP contribution in [-0.4, -0.2) is 58.9 Å². The highest BCUT2D eigenvalue weighted by molar-refractivity contribution is 7.88. The summed E-state index contributed by atoms with van der Waals surface area (Å²) in [4.78, 5) is 5.93. The molecule has 8 heteroatoms. The molecule has 0 radical (unpaired) electrons. The third-order valence-electron chi connectivity index (χ3n) is 4.85. The Balaban J connectivity index is 1.70. The van der Waals surface area contributed by atoms with Crippen LogP contribution in [0.1, 0.15) is 17.8 Å². The van der Waals surface area contributed by atoms with Crippen molar-refractivity contribution >= 4 is 27.0 Å². The SMILES string of the molecule is COc1ccc(N2CCN([C@H](c3cccs3)[C@H](C)NS(C)(=O)=O)CC2)cc1. The minimum absolute atomic E-state index is 0.0396. The largest absolute Gasteiger partial charge is 0.497 e. The second-order valence-electron chi connectivity index (χ2n) is 6.86. The van der Waals surface area contributed by atoms with Crippen LogP contribution in [0, 0.1) is 0 Å². The first-order valence-corrected chi connectivity index (χ1v) is 11.8. The third-order valence-corrected chi connectivity index (χ3v) is 6.60. The van der Waals surface area contributed by atoms with E-state index < -0.39 is 10.0 Å². The lowest BCUT2D eigenvalue weighted by Crippen LogP contribution is -2.52. The lowest BCUT2D eigenvalue weighted by atomic mass is 10.1. The lowest BCUT2D eigenvalue weighted by molar-refractivity contribution is 0.164. The maximum atomic E-state index is 11.7. The number of hydrogen-bond acceptors (Lipinski definition) is 6. The van der Waals surface area contributed by atoms with E-state index in [2.05, 4.69) is 32.7 Å². The molecule has 1 aliphatic heterocycles. The zero-order chi connectivity index (χ0) is 19.4. The van der Waals surface area contributed by atoms with Gasteiger partial charge in [0.05, 0.1) is 19.4 Å². The molecular weight excluding hydrogens is 382 g/mol. The Bertz CT molecular complexity index is 814. The molecule has 1 fully saturated rings. The van der Waals surface area contributed by atoms with Gasteiger partial charge in [0.15, 0.2) is 0 Å². The van der Waals surface area contributed by atoms with Crippen LogP contribution in [-0.2, 0) is 10.0 Å². The standard InChI is InChI=1S/C19H27N3O3S2/c1-15(20-27(3,23)24)19(18-5-4-14-26-18)22-12-10-21(11-13-22)16-6-8-17(25-2)9-7-16/h4-9,14-15,19-20H,10-13H2,1-3H3/t15-,19-/m0/s1. The first-order valence-electron chi connectivity index (χ1n) is 9.01. The summed E-state index contributed by atoms with van der Waals surface area (Å²) >= 11 is 1.68. The average Bonchev–Trinajstić information content (AvgIpc) is 3.15. The maximum Gasteiger partial charge on any atom is 0.209 e. The summed E-state index contributed by atoms with van der Waals surface area (Å²) in [6, 6.07) is 12.1. The Morgan fingerprint density at radius 3 is 2.30 bits per heavy atom. The summed E-state index contributed by atoms with van der Waals surface area (Å²) in [5.74, 6) is 0.857. The highest BCUT2D eigenvalue weighted by Crippen LogP contribution is 2.30. The molecule has 0 unspecified atom stereocenters. The van der Waals surface area contributed by atoms with Gasteiger partial charge in [-0.2, -0.15) is 0 Å². The summed E-state index contributed by atoms with van der Waals surface area (Å²) in [6.07, 6.45) is 1.22. The molecule has 3 rings (SSSR count). The van der Waals surface area contributed by atoms with Gasteiger partial charge in [0.25, 0.3) is 0 Å². The zero-order valence-electron chi connectivity index (χ0n) is 16.0. The van der Waals surface area contributed by atoms with Gasteiger partial charge in [-0.1, -0.05) is 6.07 Å². The molecular formula is C19H27N3O3S2. The first kappa shape index (κ1) is 20.1. The number of hydrogen-bond donors (Lipinski definition) is 1. The zero-order valence-corrected chi connectivity index (χ0v) is 17.6. The molecule has 2 heterocycles. The summed E-state index contributed by atoms with van der Waals surface area (Å²) in [7, 11) is -1.58. The Morgan fingerprint density at radius 2 is 1.78 bits per heavy atom. The molecule has 1 aromatic carbocycles. The van der Waals surface area contributed by atoms with Crippen LogP contribution in [0.25, 0.3) is 0 Å². The number of piperazine rings is 1. The fraction of sp³-hybridized carbons (Fsp3) is 0.474. The van der Waals surface area contributed by atoms with Crippen molar-refractivity contribution in [2.75, 3.05) is 44.4 Å². The number of ether oxygens (including phenoxy) is 1. The van der Waals surface area contributed by atoms with Crippen molar-refractivity contribution in [3.8, 4) is 5.75 Å². The topological polar surface area (TPSA) is 61.9 Å². The molecule has 1 aromatic heterocycles. The van der Waals surface area contributed by atoms with Gasteiger partial charge in [-0.15, -0.1) is 11.3 Å². The highest BCUT2D eigenvalue weighted by Gasteiger charge is 2.31. The fourth-order valence-corrected chi connectivity index (χ4v) is 5.42. The van der Waals surface area contributed by atoms with Crippen LogP contribution in [0.5, 0.6) is 5.75 Å². The molecule has 0 saturated carbocycles.